The Kier molecular flexibility index (Phi) is 4.35. The second kappa shape index (κ2) is 6.35. The third-order valence-corrected chi connectivity index (χ3v) is 9.37. The molecule has 0 aromatic rings. The average Bonchev–Trinajstić information content (AvgIpc) is 2.87. The van der Waals surface area contributed by atoms with Crippen molar-refractivity contribution in [3.8, 4) is 0 Å². The molecule has 5 nitrogen and oxygen atoms in total. The molecule has 2 spiro atoms. The first-order valence-corrected chi connectivity index (χ1v) is 11.6. The van der Waals surface area contributed by atoms with Gasteiger partial charge < -0.3 is 9.47 Å². The van der Waals surface area contributed by atoms with E-state index in [0.717, 1.165) is 12.8 Å². The van der Waals surface area contributed by atoms with Crippen molar-refractivity contribution in [1.29, 1.82) is 0 Å². The maximum Gasteiger partial charge on any atom is 0.176 e. The summed E-state index contributed by atoms with van der Waals surface area (Å²) in [6.45, 7) is 13.3. The van der Waals surface area contributed by atoms with Crippen molar-refractivity contribution in [2.75, 3.05) is 13.2 Å². The summed E-state index contributed by atoms with van der Waals surface area (Å²) in [4.78, 5) is 41.4. The third-order valence-electron chi connectivity index (χ3n) is 9.37. The fourth-order valence-corrected chi connectivity index (χ4v) is 7.87. The fraction of sp³-hybridized carbons (Fsp3) is 0.800. The lowest BCUT2D eigenvalue weighted by Gasteiger charge is -2.68. The predicted octanol–water partition coefficient (Wildman–Crippen LogP) is 3.54. The zero-order chi connectivity index (χ0) is 21.6. The lowest BCUT2D eigenvalue weighted by atomic mass is 9.37. The molecule has 6 rings (SSSR count). The van der Waals surface area contributed by atoms with Crippen molar-refractivity contribution in [3.05, 3.63) is 12.2 Å². The second-order valence-electron chi connectivity index (χ2n) is 11.5. The summed E-state index contributed by atoms with van der Waals surface area (Å²) in [7, 11) is 0. The minimum atomic E-state index is -1.14. The lowest BCUT2D eigenvalue weighted by Crippen LogP contribution is -2.77. The van der Waals surface area contributed by atoms with Gasteiger partial charge in [0.25, 0.3) is 0 Å². The minimum Gasteiger partial charge on any atom is -0.376 e. The van der Waals surface area contributed by atoms with Crippen molar-refractivity contribution in [3.63, 3.8) is 0 Å². The molecule has 30 heavy (non-hydrogen) atoms. The summed E-state index contributed by atoms with van der Waals surface area (Å²) in [5, 5.41) is 0. The SMILES string of the molecule is C=C1C(=O)[C@]23C[C@H]1CC[C@H]2[C@]12CO[C@H](CC1=O)C(C)(C)[C@H]2[C@H](OCCC(C)C)C3=O. The maximum absolute atomic E-state index is 14.2. The molecule has 0 unspecified atom stereocenters. The van der Waals surface area contributed by atoms with E-state index in [9.17, 15) is 14.4 Å². The van der Waals surface area contributed by atoms with Gasteiger partial charge in [0.2, 0.25) is 0 Å². The molecular formula is C25H34O5. The molecule has 2 saturated heterocycles. The summed E-state index contributed by atoms with van der Waals surface area (Å²) in [5.41, 5.74) is -1.72. The molecule has 4 aliphatic carbocycles. The molecule has 0 aromatic heterocycles. The first-order chi connectivity index (χ1) is 14.1. The van der Waals surface area contributed by atoms with E-state index in [2.05, 4.69) is 34.3 Å². The Bertz CT molecular complexity index is 840. The Labute approximate surface area is 178 Å². The van der Waals surface area contributed by atoms with E-state index in [1.54, 1.807) is 0 Å². The van der Waals surface area contributed by atoms with E-state index in [1.165, 1.54) is 0 Å². The highest BCUT2D eigenvalue weighted by Crippen LogP contribution is 2.71. The van der Waals surface area contributed by atoms with Crippen LogP contribution in [-0.2, 0) is 23.9 Å². The van der Waals surface area contributed by atoms with Gasteiger partial charge in [0.1, 0.15) is 11.9 Å². The van der Waals surface area contributed by atoms with E-state index < -0.39 is 16.9 Å². The number of ketones is 3. The molecule has 4 saturated carbocycles. The van der Waals surface area contributed by atoms with Crippen molar-refractivity contribution in [2.45, 2.75) is 72.0 Å². The summed E-state index contributed by atoms with van der Waals surface area (Å²) in [5.74, 6) is -0.0254. The number of rotatable bonds is 4. The van der Waals surface area contributed by atoms with Gasteiger partial charge in [0.15, 0.2) is 11.6 Å². The van der Waals surface area contributed by atoms with E-state index in [0.29, 0.717) is 44.0 Å². The van der Waals surface area contributed by atoms with Crippen LogP contribution < -0.4 is 0 Å². The number of carbonyl (C=O) groups excluding carboxylic acids is 3. The van der Waals surface area contributed by atoms with Crippen molar-refractivity contribution in [2.24, 2.45) is 39.9 Å². The number of ether oxygens (including phenoxy) is 2. The molecule has 5 heteroatoms. The van der Waals surface area contributed by atoms with Gasteiger partial charge in [-0.1, -0.05) is 34.3 Å². The zero-order valence-electron chi connectivity index (χ0n) is 18.7. The van der Waals surface area contributed by atoms with E-state index in [-0.39, 0.29) is 46.6 Å². The average molecular weight is 415 g/mol. The third kappa shape index (κ3) is 2.24. The van der Waals surface area contributed by atoms with Crippen molar-refractivity contribution in [1.82, 2.24) is 0 Å². The van der Waals surface area contributed by atoms with Gasteiger partial charge in [-0.2, -0.15) is 0 Å². The number of hydrogen-bond donors (Lipinski definition) is 0. The predicted molar refractivity (Wildman–Crippen MR) is 111 cm³/mol. The van der Waals surface area contributed by atoms with Crippen LogP contribution in [-0.4, -0.2) is 42.8 Å². The van der Waals surface area contributed by atoms with Crippen LogP contribution in [0.1, 0.15) is 59.8 Å². The molecule has 7 atom stereocenters. The monoisotopic (exact) mass is 414 g/mol. The topological polar surface area (TPSA) is 69.7 Å². The second-order valence-corrected chi connectivity index (χ2v) is 11.5. The standard InChI is InChI=1S/C25H34O5/c1-13(2)8-9-29-19-20-23(4,5)18-10-17(26)25(20,12-30-18)16-7-6-15-11-24(16,22(19)28)21(27)14(15)3/h13,15-16,18-20H,3,6-12H2,1-2,4-5H3/t15-,16-,18-,19+,20-,24+,25-/m1/s1. The molecule has 4 bridgehead atoms. The van der Waals surface area contributed by atoms with Crippen molar-refractivity contribution < 1.29 is 23.9 Å². The van der Waals surface area contributed by atoms with Crippen LogP contribution in [0.3, 0.4) is 0 Å². The Hall–Kier alpha value is -1.33. The number of carbonyl (C=O) groups is 3. The van der Waals surface area contributed by atoms with Gasteiger partial charge in [-0.15, -0.1) is 0 Å². The zero-order valence-corrected chi connectivity index (χ0v) is 18.7. The molecule has 0 N–H and O–H groups in total. The van der Waals surface area contributed by atoms with E-state index in [4.69, 9.17) is 9.47 Å². The van der Waals surface area contributed by atoms with Gasteiger partial charge in [0, 0.05) is 18.9 Å². The molecule has 6 fully saturated rings. The Balaban J connectivity index is 1.67. The highest BCUT2D eigenvalue weighted by molar-refractivity contribution is 6.19. The molecule has 6 aliphatic rings. The number of Topliss-reactive ketones (excluding diaryl/α,β-unsaturated/α-hetero) is 3. The Morgan fingerprint density at radius 3 is 2.60 bits per heavy atom. The Morgan fingerprint density at radius 1 is 1.20 bits per heavy atom. The van der Waals surface area contributed by atoms with Crippen LogP contribution in [0, 0.1) is 39.9 Å². The molecule has 164 valence electrons. The lowest BCUT2D eigenvalue weighted by molar-refractivity contribution is -0.272. The van der Waals surface area contributed by atoms with E-state index in [1.807, 2.05) is 0 Å². The van der Waals surface area contributed by atoms with Crippen LogP contribution in [0.4, 0.5) is 0 Å². The van der Waals surface area contributed by atoms with Gasteiger partial charge in [-0.25, -0.2) is 0 Å². The highest BCUT2D eigenvalue weighted by atomic mass is 16.5. The minimum absolute atomic E-state index is 0.0610. The summed E-state index contributed by atoms with van der Waals surface area (Å²) >= 11 is 0. The number of fused-ring (bicyclic) bond motifs is 3. The fourth-order valence-electron chi connectivity index (χ4n) is 7.87. The quantitative estimate of drug-likeness (QED) is 0.520. The number of hydrogen-bond acceptors (Lipinski definition) is 5. The summed E-state index contributed by atoms with van der Waals surface area (Å²) < 4.78 is 12.6. The van der Waals surface area contributed by atoms with Crippen LogP contribution in [0.25, 0.3) is 0 Å². The first kappa shape index (κ1) is 20.6. The van der Waals surface area contributed by atoms with Crippen LogP contribution in [0.5, 0.6) is 0 Å². The molecule has 0 radical (unpaired) electrons. The van der Waals surface area contributed by atoms with Gasteiger partial charge in [-0.3, -0.25) is 14.4 Å². The van der Waals surface area contributed by atoms with Gasteiger partial charge in [-0.05, 0) is 54.4 Å². The molecule has 0 amide bonds. The van der Waals surface area contributed by atoms with Gasteiger partial charge >= 0.3 is 0 Å². The molecule has 0 aromatic carbocycles. The van der Waals surface area contributed by atoms with Crippen LogP contribution >= 0.6 is 0 Å². The molecular weight excluding hydrogens is 380 g/mol. The smallest absolute Gasteiger partial charge is 0.176 e. The molecule has 2 aliphatic heterocycles. The van der Waals surface area contributed by atoms with Crippen LogP contribution in [0.2, 0.25) is 0 Å². The highest BCUT2D eigenvalue weighted by Gasteiger charge is 2.79. The summed E-state index contributed by atoms with van der Waals surface area (Å²) in [6, 6.07) is 0. The maximum atomic E-state index is 14.2. The van der Waals surface area contributed by atoms with Crippen LogP contribution in [0.15, 0.2) is 12.2 Å². The normalized spacial score (nSPS) is 46.4. The first-order valence-electron chi connectivity index (χ1n) is 11.6. The van der Waals surface area contributed by atoms with Gasteiger partial charge in [0.05, 0.1) is 23.5 Å². The largest absolute Gasteiger partial charge is 0.376 e. The summed E-state index contributed by atoms with van der Waals surface area (Å²) in [6.07, 6.45) is 2.35. The van der Waals surface area contributed by atoms with Crippen molar-refractivity contribution >= 4 is 17.3 Å². The van der Waals surface area contributed by atoms with E-state index >= 15 is 0 Å². The Morgan fingerprint density at radius 2 is 1.93 bits per heavy atom. The number of allylic oxidation sites excluding steroid dienone is 1. The molecule has 2 heterocycles.